The molecule has 118 valence electrons. The van der Waals surface area contributed by atoms with Crippen LogP contribution < -0.4 is 0 Å². The predicted molar refractivity (Wildman–Crippen MR) is 87.1 cm³/mol. The van der Waals surface area contributed by atoms with Crippen LogP contribution in [0, 0.1) is 0 Å². The van der Waals surface area contributed by atoms with Crippen LogP contribution in [0.4, 0.5) is 0 Å². The van der Waals surface area contributed by atoms with Gasteiger partial charge in [-0.3, -0.25) is 9.88 Å². The molecular weight excluding hydrogens is 292 g/mol. The first-order valence-electron chi connectivity index (χ1n) is 7.72. The molecule has 1 fully saturated rings. The summed E-state index contributed by atoms with van der Waals surface area (Å²) in [5, 5.41) is 11.0. The number of ether oxygens (including phenoxy) is 1. The summed E-state index contributed by atoms with van der Waals surface area (Å²) in [6.07, 6.45) is 3.57. The van der Waals surface area contributed by atoms with Crippen LogP contribution in [0.15, 0.2) is 36.7 Å². The fraction of sp³-hybridized carbons (Fsp3) is 0.294. The summed E-state index contributed by atoms with van der Waals surface area (Å²) < 4.78 is 5.37. The summed E-state index contributed by atoms with van der Waals surface area (Å²) >= 11 is 0. The fourth-order valence-corrected chi connectivity index (χ4v) is 2.95. The smallest absolute Gasteiger partial charge is 0.200 e. The van der Waals surface area contributed by atoms with E-state index in [0.29, 0.717) is 11.2 Å². The molecule has 4 heterocycles. The maximum absolute atomic E-state index is 10.2. The van der Waals surface area contributed by atoms with Crippen LogP contribution in [0.1, 0.15) is 5.56 Å². The molecule has 6 heteroatoms. The van der Waals surface area contributed by atoms with E-state index in [0.717, 1.165) is 49.5 Å². The molecule has 6 nitrogen and oxygen atoms in total. The lowest BCUT2D eigenvalue weighted by Crippen LogP contribution is -2.35. The van der Waals surface area contributed by atoms with E-state index in [1.54, 1.807) is 6.20 Å². The second-order valence-corrected chi connectivity index (χ2v) is 5.69. The molecule has 0 saturated carbocycles. The predicted octanol–water partition coefficient (Wildman–Crippen LogP) is 2.16. The number of rotatable bonds is 3. The minimum atomic E-state index is 0.104. The number of hydrogen-bond acceptors (Lipinski definition) is 5. The van der Waals surface area contributed by atoms with Crippen LogP contribution in [0.2, 0.25) is 0 Å². The van der Waals surface area contributed by atoms with Crippen molar-refractivity contribution in [1.29, 1.82) is 0 Å². The van der Waals surface area contributed by atoms with Crippen molar-refractivity contribution in [2.24, 2.45) is 0 Å². The second kappa shape index (κ2) is 5.98. The molecule has 0 spiro atoms. The van der Waals surface area contributed by atoms with Gasteiger partial charge < -0.3 is 14.8 Å². The molecule has 0 radical (unpaired) electrons. The lowest BCUT2D eigenvalue weighted by atomic mass is 10.1. The quantitative estimate of drug-likeness (QED) is 0.775. The maximum Gasteiger partial charge on any atom is 0.200 e. The van der Waals surface area contributed by atoms with E-state index >= 15 is 0 Å². The van der Waals surface area contributed by atoms with E-state index in [2.05, 4.69) is 25.9 Å². The lowest BCUT2D eigenvalue weighted by Gasteiger charge is -2.26. The van der Waals surface area contributed by atoms with Crippen LogP contribution in [0.3, 0.4) is 0 Å². The van der Waals surface area contributed by atoms with Crippen LogP contribution >= 0.6 is 0 Å². The molecule has 4 rings (SSSR count). The van der Waals surface area contributed by atoms with Gasteiger partial charge in [-0.25, -0.2) is 4.98 Å². The molecule has 1 saturated heterocycles. The van der Waals surface area contributed by atoms with Gasteiger partial charge in [-0.2, -0.15) is 0 Å². The van der Waals surface area contributed by atoms with E-state index in [9.17, 15) is 5.11 Å². The van der Waals surface area contributed by atoms with E-state index in [1.165, 1.54) is 0 Å². The Kier molecular flexibility index (Phi) is 3.69. The van der Waals surface area contributed by atoms with Gasteiger partial charge in [0, 0.05) is 37.4 Å². The van der Waals surface area contributed by atoms with Crippen LogP contribution in [-0.2, 0) is 11.3 Å². The molecule has 0 aromatic carbocycles. The van der Waals surface area contributed by atoms with Gasteiger partial charge in [-0.15, -0.1) is 0 Å². The Morgan fingerprint density at radius 1 is 1.17 bits per heavy atom. The Labute approximate surface area is 133 Å². The first-order chi connectivity index (χ1) is 11.3. The number of aromatic amines is 1. The summed E-state index contributed by atoms with van der Waals surface area (Å²) in [7, 11) is 0. The zero-order valence-electron chi connectivity index (χ0n) is 12.7. The number of nitrogens with one attached hydrogen (secondary N) is 1. The van der Waals surface area contributed by atoms with Crippen molar-refractivity contribution >= 4 is 11.0 Å². The van der Waals surface area contributed by atoms with Gasteiger partial charge in [-0.05, 0) is 23.8 Å². The highest BCUT2D eigenvalue weighted by Crippen LogP contribution is 2.34. The molecule has 0 aliphatic carbocycles. The van der Waals surface area contributed by atoms with Gasteiger partial charge in [0.15, 0.2) is 5.88 Å². The lowest BCUT2D eigenvalue weighted by molar-refractivity contribution is 0.0341. The number of hydrogen-bond donors (Lipinski definition) is 2. The van der Waals surface area contributed by atoms with Crippen molar-refractivity contribution in [3.8, 4) is 17.1 Å². The average Bonchev–Trinajstić information content (AvgIpc) is 2.92. The topological polar surface area (TPSA) is 74.3 Å². The fourth-order valence-electron chi connectivity index (χ4n) is 2.95. The van der Waals surface area contributed by atoms with Crippen LogP contribution in [-0.4, -0.2) is 51.3 Å². The maximum atomic E-state index is 10.2. The zero-order valence-corrected chi connectivity index (χ0v) is 12.7. The summed E-state index contributed by atoms with van der Waals surface area (Å²) in [5.41, 5.74) is 3.27. The molecule has 3 aromatic heterocycles. The molecule has 3 aromatic rings. The first-order valence-corrected chi connectivity index (χ1v) is 7.72. The van der Waals surface area contributed by atoms with Gasteiger partial charge in [-0.1, -0.05) is 6.07 Å². The highest BCUT2D eigenvalue weighted by atomic mass is 16.5. The molecular formula is C17H18N4O2. The van der Waals surface area contributed by atoms with E-state index in [1.807, 2.05) is 24.4 Å². The van der Waals surface area contributed by atoms with Gasteiger partial charge in [0.25, 0.3) is 0 Å². The number of nitrogens with zero attached hydrogens (tertiary/aromatic N) is 3. The Morgan fingerprint density at radius 3 is 2.83 bits per heavy atom. The molecule has 0 atom stereocenters. The number of fused-ring (bicyclic) bond motifs is 1. The van der Waals surface area contributed by atoms with Gasteiger partial charge in [0.05, 0.1) is 24.5 Å². The molecule has 0 unspecified atom stereocenters. The summed E-state index contributed by atoms with van der Waals surface area (Å²) in [5.74, 6) is 0.104. The van der Waals surface area contributed by atoms with E-state index < -0.39 is 0 Å². The average molecular weight is 310 g/mol. The summed E-state index contributed by atoms with van der Waals surface area (Å²) in [6.45, 7) is 4.37. The zero-order chi connectivity index (χ0) is 15.6. The van der Waals surface area contributed by atoms with Gasteiger partial charge >= 0.3 is 0 Å². The molecule has 23 heavy (non-hydrogen) atoms. The van der Waals surface area contributed by atoms with Crippen molar-refractivity contribution in [2.45, 2.75) is 6.54 Å². The Balaban J connectivity index is 1.61. The van der Waals surface area contributed by atoms with Gasteiger partial charge in [0.2, 0.25) is 0 Å². The Morgan fingerprint density at radius 2 is 2.04 bits per heavy atom. The molecule has 2 N–H and O–H groups in total. The van der Waals surface area contributed by atoms with Crippen molar-refractivity contribution in [2.75, 3.05) is 26.3 Å². The number of morpholine rings is 1. The number of aromatic nitrogens is 3. The van der Waals surface area contributed by atoms with Crippen LogP contribution in [0.5, 0.6) is 5.88 Å². The van der Waals surface area contributed by atoms with Crippen molar-refractivity contribution in [3.05, 3.63) is 42.2 Å². The Bertz CT molecular complexity index is 807. The standard InChI is InChI=1S/C17H18N4O2/c22-17-15(13-2-1-5-18-16(13)20-17)14-4-3-12(10-19-14)11-21-6-8-23-9-7-21/h1-5,10,22H,6-9,11H2,(H,18,20). The SMILES string of the molecule is Oc1[nH]c2ncccc2c1-c1ccc(CN2CCOCC2)cn1. The normalized spacial score (nSPS) is 16.0. The van der Waals surface area contributed by atoms with Crippen molar-refractivity contribution in [1.82, 2.24) is 19.9 Å². The third-order valence-electron chi connectivity index (χ3n) is 4.14. The second-order valence-electron chi connectivity index (χ2n) is 5.69. The van der Waals surface area contributed by atoms with E-state index in [4.69, 9.17) is 4.74 Å². The van der Waals surface area contributed by atoms with Crippen molar-refractivity contribution < 1.29 is 9.84 Å². The third-order valence-corrected chi connectivity index (χ3v) is 4.14. The third kappa shape index (κ3) is 2.78. The van der Waals surface area contributed by atoms with Crippen molar-refractivity contribution in [3.63, 3.8) is 0 Å². The molecule has 1 aliphatic heterocycles. The molecule has 0 bridgehead atoms. The highest BCUT2D eigenvalue weighted by Gasteiger charge is 2.15. The van der Waals surface area contributed by atoms with Gasteiger partial charge in [0.1, 0.15) is 5.65 Å². The number of pyridine rings is 2. The first kappa shape index (κ1) is 14.2. The van der Waals surface area contributed by atoms with Crippen LogP contribution in [0.25, 0.3) is 22.3 Å². The number of H-pyrrole nitrogens is 1. The minimum Gasteiger partial charge on any atom is -0.494 e. The molecule has 1 aliphatic rings. The largest absolute Gasteiger partial charge is 0.494 e. The number of aromatic hydroxyl groups is 1. The minimum absolute atomic E-state index is 0.104. The molecule has 0 amide bonds. The highest BCUT2D eigenvalue weighted by molar-refractivity contribution is 5.96. The monoisotopic (exact) mass is 310 g/mol. The van der Waals surface area contributed by atoms with E-state index in [-0.39, 0.29) is 5.88 Å². The summed E-state index contributed by atoms with van der Waals surface area (Å²) in [6, 6.07) is 7.79. The Hall–Kier alpha value is -2.44. The summed E-state index contributed by atoms with van der Waals surface area (Å²) in [4.78, 5) is 14.0.